The second-order valence-corrected chi connectivity index (χ2v) is 6.27. The minimum absolute atomic E-state index is 0.303. The predicted molar refractivity (Wildman–Crippen MR) is 75.5 cm³/mol. The summed E-state index contributed by atoms with van der Waals surface area (Å²) in [6, 6.07) is 8.67. The first-order valence-corrected chi connectivity index (χ1v) is 7.46. The number of pyridine rings is 1. The van der Waals surface area contributed by atoms with Crippen molar-refractivity contribution >= 4 is 20.9 Å². The van der Waals surface area contributed by atoms with Crippen molar-refractivity contribution < 1.29 is 8.42 Å². The zero-order valence-electron chi connectivity index (χ0n) is 11.0. The van der Waals surface area contributed by atoms with Gasteiger partial charge in [-0.25, -0.2) is 8.42 Å². The predicted octanol–water partition coefficient (Wildman–Crippen LogP) is 1.07. The van der Waals surface area contributed by atoms with Crippen LogP contribution >= 0.6 is 0 Å². The lowest BCUT2D eigenvalue weighted by Gasteiger charge is -2.18. The number of aromatic nitrogens is 1. The molecule has 0 unspecified atom stereocenters. The van der Waals surface area contributed by atoms with Crippen LogP contribution in [0.2, 0.25) is 0 Å². The third-order valence-corrected chi connectivity index (χ3v) is 4.89. The summed E-state index contributed by atoms with van der Waals surface area (Å²) in [4.78, 5) is 4.48. The molecule has 0 bridgehead atoms. The molecular weight excluding hydrogens is 262 g/mol. The van der Waals surface area contributed by atoms with Gasteiger partial charge in [0.1, 0.15) is 0 Å². The van der Waals surface area contributed by atoms with E-state index >= 15 is 0 Å². The van der Waals surface area contributed by atoms with Gasteiger partial charge in [0.2, 0.25) is 10.0 Å². The lowest BCUT2D eigenvalue weighted by Crippen LogP contribution is -2.32. The van der Waals surface area contributed by atoms with Crippen molar-refractivity contribution in [2.24, 2.45) is 0 Å². The first-order valence-electron chi connectivity index (χ1n) is 6.02. The highest BCUT2D eigenvalue weighted by molar-refractivity contribution is 7.89. The van der Waals surface area contributed by atoms with Gasteiger partial charge in [0.05, 0.1) is 10.4 Å². The van der Waals surface area contributed by atoms with E-state index in [-0.39, 0.29) is 0 Å². The summed E-state index contributed by atoms with van der Waals surface area (Å²) >= 11 is 0. The normalized spacial score (nSPS) is 12.2. The molecule has 102 valence electrons. The number of nitrogens with zero attached hydrogens (tertiary/aromatic N) is 2. The Balaban J connectivity index is 2.49. The summed E-state index contributed by atoms with van der Waals surface area (Å²) in [7, 11) is -0.105. The summed E-state index contributed by atoms with van der Waals surface area (Å²) in [6.45, 7) is 1.04. The zero-order valence-corrected chi connectivity index (χ0v) is 11.8. The van der Waals surface area contributed by atoms with Gasteiger partial charge in [0.25, 0.3) is 0 Å². The Bertz CT molecular complexity index is 665. The minimum atomic E-state index is -3.48. The summed E-state index contributed by atoms with van der Waals surface area (Å²) in [6.07, 6.45) is 1.66. The third kappa shape index (κ3) is 2.75. The average Bonchev–Trinajstić information content (AvgIpc) is 2.43. The number of nitrogens with one attached hydrogen (secondary N) is 1. The molecule has 0 aliphatic rings. The van der Waals surface area contributed by atoms with Crippen LogP contribution in [0.3, 0.4) is 0 Å². The number of hydrogen-bond acceptors (Lipinski definition) is 4. The Kier molecular flexibility index (Phi) is 4.14. The summed E-state index contributed by atoms with van der Waals surface area (Å²) in [5.41, 5.74) is 0.686. The Labute approximate surface area is 113 Å². The lowest BCUT2D eigenvalue weighted by molar-refractivity contribution is 0.466. The van der Waals surface area contributed by atoms with E-state index < -0.39 is 10.0 Å². The van der Waals surface area contributed by atoms with E-state index in [9.17, 15) is 8.42 Å². The molecule has 0 amide bonds. The molecule has 19 heavy (non-hydrogen) atoms. The van der Waals surface area contributed by atoms with Crippen LogP contribution in [-0.4, -0.2) is 44.9 Å². The van der Waals surface area contributed by atoms with Gasteiger partial charge < -0.3 is 5.32 Å². The molecule has 1 N–H and O–H groups in total. The Hall–Kier alpha value is -1.50. The molecule has 0 aliphatic carbocycles. The number of benzene rings is 1. The second-order valence-electron chi connectivity index (χ2n) is 4.26. The van der Waals surface area contributed by atoms with Crippen molar-refractivity contribution in [2.45, 2.75) is 4.90 Å². The van der Waals surface area contributed by atoms with Crippen molar-refractivity contribution in [3.05, 3.63) is 36.5 Å². The smallest absolute Gasteiger partial charge is 0.243 e. The third-order valence-electron chi connectivity index (χ3n) is 2.97. The molecule has 1 aromatic heterocycles. The molecule has 5 nitrogen and oxygen atoms in total. The quantitative estimate of drug-likeness (QED) is 0.889. The molecule has 2 aromatic rings. The van der Waals surface area contributed by atoms with Crippen molar-refractivity contribution in [2.75, 3.05) is 27.2 Å². The van der Waals surface area contributed by atoms with Gasteiger partial charge in [0.15, 0.2) is 0 Å². The van der Waals surface area contributed by atoms with Crippen molar-refractivity contribution in [1.82, 2.24) is 14.6 Å². The highest BCUT2D eigenvalue weighted by Gasteiger charge is 2.22. The van der Waals surface area contributed by atoms with E-state index in [4.69, 9.17) is 0 Å². The first kappa shape index (κ1) is 13.9. The number of fused-ring (bicyclic) bond motifs is 1. The average molecular weight is 279 g/mol. The number of likely N-dealkylation sites (N-methyl/N-ethyl adjacent to an activating group) is 2. The van der Waals surface area contributed by atoms with Gasteiger partial charge in [-0.2, -0.15) is 4.31 Å². The molecule has 6 heteroatoms. The van der Waals surface area contributed by atoms with E-state index in [1.54, 1.807) is 44.6 Å². The van der Waals surface area contributed by atoms with E-state index in [0.29, 0.717) is 28.9 Å². The lowest BCUT2D eigenvalue weighted by atomic mass is 10.2. The van der Waals surface area contributed by atoms with Crippen molar-refractivity contribution in [3.63, 3.8) is 0 Å². The standard InChI is InChI=1S/C13H17N3O2S/c1-14-9-10-16(2)19(17,18)13-7-3-6-12-11(13)5-4-8-15-12/h3-8,14H,9-10H2,1-2H3. The van der Waals surface area contributed by atoms with Gasteiger partial charge in [0, 0.05) is 31.7 Å². The fraction of sp³-hybridized carbons (Fsp3) is 0.308. The summed E-state index contributed by atoms with van der Waals surface area (Å²) in [5, 5.41) is 3.59. The Morgan fingerprint density at radius 1 is 1.26 bits per heavy atom. The second kappa shape index (κ2) is 5.64. The number of hydrogen-bond donors (Lipinski definition) is 1. The van der Waals surface area contributed by atoms with Gasteiger partial charge >= 0.3 is 0 Å². The fourth-order valence-corrected chi connectivity index (χ4v) is 3.23. The minimum Gasteiger partial charge on any atom is -0.318 e. The van der Waals surface area contributed by atoms with Crippen LogP contribution in [0.4, 0.5) is 0 Å². The molecule has 0 fully saturated rings. The highest BCUT2D eigenvalue weighted by atomic mass is 32.2. The largest absolute Gasteiger partial charge is 0.318 e. The topological polar surface area (TPSA) is 62.3 Å². The molecule has 0 aliphatic heterocycles. The monoisotopic (exact) mass is 279 g/mol. The Morgan fingerprint density at radius 3 is 2.79 bits per heavy atom. The van der Waals surface area contributed by atoms with Crippen LogP contribution in [0.15, 0.2) is 41.4 Å². The van der Waals surface area contributed by atoms with Crippen molar-refractivity contribution in [3.8, 4) is 0 Å². The van der Waals surface area contributed by atoms with Gasteiger partial charge in [-0.05, 0) is 31.3 Å². The first-order chi connectivity index (χ1) is 9.07. The van der Waals surface area contributed by atoms with Gasteiger partial charge in [-0.15, -0.1) is 0 Å². The van der Waals surface area contributed by atoms with E-state index in [2.05, 4.69) is 10.3 Å². The molecule has 1 heterocycles. The summed E-state index contributed by atoms with van der Waals surface area (Å²) < 4.78 is 26.4. The maximum Gasteiger partial charge on any atom is 0.243 e. The van der Waals surface area contributed by atoms with E-state index in [1.807, 2.05) is 6.07 Å². The number of rotatable bonds is 5. The van der Waals surface area contributed by atoms with Crippen molar-refractivity contribution in [1.29, 1.82) is 0 Å². The van der Waals surface area contributed by atoms with Gasteiger partial charge in [-0.3, -0.25) is 4.98 Å². The summed E-state index contributed by atoms with van der Waals surface area (Å²) in [5.74, 6) is 0. The van der Waals surface area contributed by atoms with Crippen LogP contribution < -0.4 is 5.32 Å². The van der Waals surface area contributed by atoms with E-state index in [0.717, 1.165) is 0 Å². The Morgan fingerprint density at radius 2 is 2.05 bits per heavy atom. The van der Waals surface area contributed by atoms with Crippen LogP contribution in [0.1, 0.15) is 0 Å². The zero-order chi connectivity index (χ0) is 13.9. The molecule has 2 rings (SSSR count). The number of sulfonamides is 1. The van der Waals surface area contributed by atoms with Crippen LogP contribution in [0, 0.1) is 0 Å². The highest BCUT2D eigenvalue weighted by Crippen LogP contribution is 2.23. The molecule has 0 spiro atoms. The molecule has 0 radical (unpaired) electrons. The molecule has 1 aromatic carbocycles. The fourth-order valence-electron chi connectivity index (χ4n) is 1.86. The molecule has 0 saturated carbocycles. The SMILES string of the molecule is CNCCN(C)S(=O)(=O)c1cccc2ncccc12. The van der Waals surface area contributed by atoms with Gasteiger partial charge in [-0.1, -0.05) is 6.07 Å². The van der Waals surface area contributed by atoms with Crippen LogP contribution in [0.5, 0.6) is 0 Å². The molecule has 0 atom stereocenters. The molecule has 0 saturated heterocycles. The molecular formula is C13H17N3O2S. The van der Waals surface area contributed by atoms with E-state index in [1.165, 1.54) is 4.31 Å². The van der Waals surface area contributed by atoms with Crippen LogP contribution in [-0.2, 0) is 10.0 Å². The maximum absolute atomic E-state index is 12.5. The van der Waals surface area contributed by atoms with Crippen LogP contribution in [0.25, 0.3) is 10.9 Å². The maximum atomic E-state index is 12.5.